The topological polar surface area (TPSA) is 33.1 Å². The van der Waals surface area contributed by atoms with E-state index in [9.17, 15) is 13.2 Å². The predicted octanol–water partition coefficient (Wildman–Crippen LogP) is 1.90. The van der Waals surface area contributed by atoms with Crippen LogP contribution < -0.4 is 0 Å². The van der Waals surface area contributed by atoms with E-state index in [1.165, 1.54) is 6.92 Å². The Morgan fingerprint density at radius 3 is 2.46 bits per heavy atom. The zero-order valence-electron chi connectivity index (χ0n) is 6.89. The van der Waals surface area contributed by atoms with Crippen molar-refractivity contribution in [1.82, 2.24) is 4.98 Å². The molecular formula is C8H8F3NO. The molecule has 0 aliphatic carbocycles. The highest BCUT2D eigenvalue weighted by Gasteiger charge is 2.32. The maximum atomic E-state index is 12.1. The van der Waals surface area contributed by atoms with E-state index < -0.39 is 11.9 Å². The minimum Gasteiger partial charge on any atom is -0.392 e. The molecule has 0 saturated heterocycles. The second-order valence-electron chi connectivity index (χ2n) is 2.65. The SMILES string of the molecule is Cc1cc(C(F)(F)F)ncc1CO. The molecule has 0 radical (unpaired) electrons. The molecule has 0 amide bonds. The Balaban J connectivity index is 3.10. The maximum Gasteiger partial charge on any atom is 0.433 e. The number of aromatic nitrogens is 1. The molecule has 1 aromatic rings. The number of aliphatic hydroxyl groups excluding tert-OH is 1. The molecule has 72 valence electrons. The summed E-state index contributed by atoms with van der Waals surface area (Å²) in [5.74, 6) is 0. The molecule has 0 bridgehead atoms. The first-order valence-electron chi connectivity index (χ1n) is 3.58. The van der Waals surface area contributed by atoms with Crippen LogP contribution in [0.5, 0.6) is 0 Å². The van der Waals surface area contributed by atoms with Crippen LogP contribution in [0, 0.1) is 6.92 Å². The summed E-state index contributed by atoms with van der Waals surface area (Å²) in [5, 5.41) is 8.69. The van der Waals surface area contributed by atoms with Gasteiger partial charge in [-0.3, -0.25) is 4.98 Å². The van der Waals surface area contributed by atoms with Crippen LogP contribution in [0.25, 0.3) is 0 Å². The van der Waals surface area contributed by atoms with Crippen LogP contribution in [0.1, 0.15) is 16.8 Å². The lowest BCUT2D eigenvalue weighted by Crippen LogP contribution is -2.09. The molecular weight excluding hydrogens is 183 g/mol. The van der Waals surface area contributed by atoms with Gasteiger partial charge >= 0.3 is 6.18 Å². The summed E-state index contributed by atoms with van der Waals surface area (Å²) < 4.78 is 36.2. The van der Waals surface area contributed by atoms with Gasteiger partial charge in [-0.15, -0.1) is 0 Å². The quantitative estimate of drug-likeness (QED) is 0.735. The number of pyridine rings is 1. The largest absolute Gasteiger partial charge is 0.433 e. The van der Waals surface area contributed by atoms with Crippen molar-refractivity contribution in [3.05, 3.63) is 29.1 Å². The van der Waals surface area contributed by atoms with Gasteiger partial charge in [0.25, 0.3) is 0 Å². The van der Waals surface area contributed by atoms with Gasteiger partial charge in [0.2, 0.25) is 0 Å². The summed E-state index contributed by atoms with van der Waals surface area (Å²) in [7, 11) is 0. The van der Waals surface area contributed by atoms with E-state index in [0.29, 0.717) is 11.1 Å². The average molecular weight is 191 g/mol. The zero-order valence-corrected chi connectivity index (χ0v) is 6.89. The van der Waals surface area contributed by atoms with Gasteiger partial charge in [0, 0.05) is 6.20 Å². The summed E-state index contributed by atoms with van der Waals surface area (Å²) >= 11 is 0. The first-order valence-corrected chi connectivity index (χ1v) is 3.58. The number of nitrogens with zero attached hydrogens (tertiary/aromatic N) is 1. The number of aryl methyl sites for hydroxylation is 1. The van der Waals surface area contributed by atoms with Crippen LogP contribution >= 0.6 is 0 Å². The normalized spacial score (nSPS) is 11.8. The van der Waals surface area contributed by atoms with Crippen LogP contribution in [0.15, 0.2) is 12.3 Å². The van der Waals surface area contributed by atoms with Gasteiger partial charge < -0.3 is 5.11 Å². The van der Waals surface area contributed by atoms with Crippen molar-refractivity contribution in [2.75, 3.05) is 0 Å². The molecule has 0 spiro atoms. The Labute approximate surface area is 73.0 Å². The fourth-order valence-electron chi connectivity index (χ4n) is 0.905. The minimum atomic E-state index is -4.42. The minimum absolute atomic E-state index is 0.295. The molecule has 1 heterocycles. The van der Waals surface area contributed by atoms with Gasteiger partial charge in [-0.05, 0) is 24.1 Å². The molecule has 13 heavy (non-hydrogen) atoms. The van der Waals surface area contributed by atoms with E-state index in [0.717, 1.165) is 12.3 Å². The third-order valence-corrected chi connectivity index (χ3v) is 1.68. The Morgan fingerprint density at radius 1 is 1.46 bits per heavy atom. The fourth-order valence-corrected chi connectivity index (χ4v) is 0.905. The average Bonchev–Trinajstić information content (AvgIpc) is 2.02. The molecule has 1 aromatic heterocycles. The molecule has 0 fully saturated rings. The molecule has 0 atom stereocenters. The first kappa shape index (κ1) is 9.98. The third-order valence-electron chi connectivity index (χ3n) is 1.68. The van der Waals surface area contributed by atoms with Crippen LogP contribution in [0.3, 0.4) is 0 Å². The standard InChI is InChI=1S/C8H8F3NO/c1-5-2-7(8(9,10)11)12-3-6(5)4-13/h2-3,13H,4H2,1H3. The van der Waals surface area contributed by atoms with Crippen molar-refractivity contribution in [1.29, 1.82) is 0 Å². The number of rotatable bonds is 1. The van der Waals surface area contributed by atoms with Crippen LogP contribution in [-0.4, -0.2) is 10.1 Å². The maximum absolute atomic E-state index is 12.1. The smallest absolute Gasteiger partial charge is 0.392 e. The van der Waals surface area contributed by atoms with E-state index in [4.69, 9.17) is 5.11 Å². The second-order valence-corrected chi connectivity index (χ2v) is 2.65. The van der Waals surface area contributed by atoms with Crippen molar-refractivity contribution in [2.24, 2.45) is 0 Å². The molecule has 2 nitrogen and oxygen atoms in total. The zero-order chi connectivity index (χ0) is 10.1. The van der Waals surface area contributed by atoms with E-state index in [1.807, 2.05) is 0 Å². The van der Waals surface area contributed by atoms with E-state index in [2.05, 4.69) is 4.98 Å². The number of halogens is 3. The van der Waals surface area contributed by atoms with Crippen LogP contribution in [0.4, 0.5) is 13.2 Å². The Hall–Kier alpha value is -1.10. The number of aliphatic hydroxyl groups is 1. The monoisotopic (exact) mass is 191 g/mol. The number of hydrogen-bond donors (Lipinski definition) is 1. The molecule has 0 unspecified atom stereocenters. The summed E-state index contributed by atoms with van der Waals surface area (Å²) in [6, 6.07) is 0.922. The van der Waals surface area contributed by atoms with Crippen molar-refractivity contribution < 1.29 is 18.3 Å². The predicted molar refractivity (Wildman–Crippen MR) is 39.9 cm³/mol. The Kier molecular flexibility index (Phi) is 2.56. The van der Waals surface area contributed by atoms with Gasteiger partial charge in [-0.2, -0.15) is 13.2 Å². The van der Waals surface area contributed by atoms with Crippen molar-refractivity contribution in [3.63, 3.8) is 0 Å². The van der Waals surface area contributed by atoms with Gasteiger partial charge in [0.15, 0.2) is 0 Å². The number of alkyl halides is 3. The Morgan fingerprint density at radius 2 is 2.08 bits per heavy atom. The highest BCUT2D eigenvalue weighted by molar-refractivity contribution is 5.25. The van der Waals surface area contributed by atoms with Crippen molar-refractivity contribution in [3.8, 4) is 0 Å². The van der Waals surface area contributed by atoms with E-state index in [1.54, 1.807) is 0 Å². The summed E-state index contributed by atoms with van der Waals surface area (Å²) in [6.07, 6.45) is -3.38. The van der Waals surface area contributed by atoms with E-state index in [-0.39, 0.29) is 6.61 Å². The lowest BCUT2D eigenvalue weighted by Gasteiger charge is -2.07. The van der Waals surface area contributed by atoms with Gasteiger partial charge in [-0.1, -0.05) is 0 Å². The molecule has 0 aliphatic heterocycles. The van der Waals surface area contributed by atoms with Gasteiger partial charge in [0.1, 0.15) is 5.69 Å². The second kappa shape index (κ2) is 3.33. The first-order chi connectivity index (χ1) is 5.95. The number of hydrogen-bond acceptors (Lipinski definition) is 2. The molecule has 0 saturated carbocycles. The highest BCUT2D eigenvalue weighted by Crippen LogP contribution is 2.28. The van der Waals surface area contributed by atoms with E-state index >= 15 is 0 Å². The molecule has 1 N–H and O–H groups in total. The molecule has 1 rings (SSSR count). The highest BCUT2D eigenvalue weighted by atomic mass is 19.4. The fraction of sp³-hybridized carbons (Fsp3) is 0.375. The molecule has 0 aliphatic rings. The van der Waals surface area contributed by atoms with Gasteiger partial charge in [0.05, 0.1) is 6.61 Å². The lowest BCUT2D eigenvalue weighted by atomic mass is 10.1. The summed E-state index contributed by atoms with van der Waals surface area (Å²) in [4.78, 5) is 3.20. The third kappa shape index (κ3) is 2.18. The summed E-state index contributed by atoms with van der Waals surface area (Å²) in [6.45, 7) is 1.21. The van der Waals surface area contributed by atoms with Crippen LogP contribution in [0.2, 0.25) is 0 Å². The van der Waals surface area contributed by atoms with Crippen molar-refractivity contribution in [2.45, 2.75) is 19.7 Å². The molecule has 5 heteroatoms. The van der Waals surface area contributed by atoms with Gasteiger partial charge in [-0.25, -0.2) is 0 Å². The Bertz CT molecular complexity index is 309. The lowest BCUT2D eigenvalue weighted by molar-refractivity contribution is -0.141. The van der Waals surface area contributed by atoms with Crippen LogP contribution in [-0.2, 0) is 12.8 Å². The molecule has 0 aromatic carbocycles. The summed E-state index contributed by atoms with van der Waals surface area (Å²) in [5.41, 5.74) is -0.125. The van der Waals surface area contributed by atoms with Crippen molar-refractivity contribution >= 4 is 0 Å².